The van der Waals surface area contributed by atoms with E-state index in [1.165, 1.54) is 17.3 Å². The van der Waals surface area contributed by atoms with Crippen molar-refractivity contribution in [1.82, 2.24) is 4.57 Å². The lowest BCUT2D eigenvalue weighted by atomic mass is 9.56. The summed E-state index contributed by atoms with van der Waals surface area (Å²) in [7, 11) is 4.72. The van der Waals surface area contributed by atoms with Gasteiger partial charge < -0.3 is 18.9 Å². The minimum atomic E-state index is -0.568. The van der Waals surface area contributed by atoms with Gasteiger partial charge in [0, 0.05) is 36.7 Å². The summed E-state index contributed by atoms with van der Waals surface area (Å²) in [5.41, 5.74) is 4.51. The molecule has 0 radical (unpaired) electrons. The summed E-state index contributed by atoms with van der Waals surface area (Å²) in [6.45, 7) is 3.10. The molecule has 2 unspecified atom stereocenters. The molecule has 1 N–H and O–H groups in total. The molecule has 1 aromatic carbocycles. The summed E-state index contributed by atoms with van der Waals surface area (Å²) in [5, 5.41) is 12.0. The molecule has 1 aromatic heterocycles. The average Bonchev–Trinajstić information content (AvgIpc) is 2.87. The van der Waals surface area contributed by atoms with Gasteiger partial charge in [-0.3, -0.25) is 0 Å². The fourth-order valence-electron chi connectivity index (χ4n) is 7.41. The van der Waals surface area contributed by atoms with E-state index in [1.807, 2.05) is 0 Å². The van der Waals surface area contributed by atoms with Crippen LogP contribution in [0.1, 0.15) is 30.6 Å². The van der Waals surface area contributed by atoms with Crippen molar-refractivity contribution in [3.8, 4) is 0 Å². The number of piperidine rings is 3. The van der Waals surface area contributed by atoms with Crippen LogP contribution < -0.4 is 0 Å². The Kier molecular flexibility index (Phi) is 2.65. The first-order valence-corrected chi connectivity index (χ1v) is 9.75. The number of hydrogen-bond acceptors (Lipinski definition) is 2. The maximum Gasteiger partial charge on any atom is 0.163 e. The molecule has 0 saturated carbocycles. The van der Waals surface area contributed by atoms with E-state index in [0.29, 0.717) is 35.9 Å². The third-order valence-electron chi connectivity index (χ3n) is 8.63. The third kappa shape index (κ3) is 1.48. The zero-order valence-electron chi connectivity index (χ0n) is 15.2. The first-order chi connectivity index (χ1) is 12.0. The van der Waals surface area contributed by atoms with E-state index in [4.69, 9.17) is 4.74 Å². The molecule has 132 valence electrons. The van der Waals surface area contributed by atoms with Crippen molar-refractivity contribution in [2.24, 2.45) is 24.8 Å². The summed E-state index contributed by atoms with van der Waals surface area (Å²) in [6, 6.07) is 10.5. The molecule has 4 fully saturated rings. The molecule has 7 rings (SSSR count). The van der Waals surface area contributed by atoms with Gasteiger partial charge in [0.25, 0.3) is 0 Å². The normalized spacial score (nSPS) is 47.1. The number of likely N-dealkylation sites (N-methyl/N-ethyl adjacent to an activating group) is 1. The van der Waals surface area contributed by atoms with Crippen molar-refractivity contribution in [2.75, 3.05) is 13.7 Å². The Hall–Kier alpha value is -1.36. The zero-order valence-corrected chi connectivity index (χ0v) is 15.2. The molecule has 25 heavy (non-hydrogen) atoms. The van der Waals surface area contributed by atoms with Crippen LogP contribution in [0, 0.1) is 17.8 Å². The van der Waals surface area contributed by atoms with Crippen LogP contribution in [0.3, 0.4) is 0 Å². The number of benzene rings is 1. The molecular formula is C21H27N2O2+. The van der Waals surface area contributed by atoms with Crippen molar-refractivity contribution in [3.63, 3.8) is 0 Å². The van der Waals surface area contributed by atoms with Crippen LogP contribution in [-0.2, 0) is 18.2 Å². The van der Waals surface area contributed by atoms with Crippen LogP contribution in [-0.4, -0.2) is 46.2 Å². The van der Waals surface area contributed by atoms with Crippen molar-refractivity contribution in [1.29, 1.82) is 0 Å². The standard InChI is InChI=1S/C21H27N2O2/c1-11-19-13-8-18-20-14(12-6-4-5-7-16(12)22(20)2)9-17(23(11,18)3)15(13)10-25-21(19)24/h4-7,11,13,15,17-19,21,24H,8-10H2,1-3H3/q+1/t11-,13-,15-,17+,18+,19?,21-,23?/m1/s1. The Morgan fingerprint density at radius 3 is 2.88 bits per heavy atom. The smallest absolute Gasteiger partial charge is 0.163 e. The minimum Gasteiger partial charge on any atom is -0.367 e. The molecule has 0 spiro atoms. The fourth-order valence-corrected chi connectivity index (χ4v) is 7.41. The Morgan fingerprint density at radius 2 is 2.04 bits per heavy atom. The van der Waals surface area contributed by atoms with Gasteiger partial charge >= 0.3 is 0 Å². The molecule has 6 bridgehead atoms. The summed E-state index contributed by atoms with van der Waals surface area (Å²) < 4.78 is 9.39. The lowest BCUT2D eigenvalue weighted by Crippen LogP contribution is -2.78. The first kappa shape index (κ1) is 14.8. The van der Waals surface area contributed by atoms with E-state index in [1.54, 1.807) is 11.3 Å². The van der Waals surface area contributed by atoms with Gasteiger partial charge in [0.15, 0.2) is 6.29 Å². The molecule has 0 amide bonds. The number of aryl methyl sites for hydroxylation is 1. The van der Waals surface area contributed by atoms with Crippen LogP contribution in [0.15, 0.2) is 24.3 Å². The number of ether oxygens (including phenoxy) is 1. The SMILES string of the molecule is C[C@@H]1C2[C@H](O)OC[C@@H]3[C@H]2C[C@H]2c4c(c5ccccc5n4C)C[C@@H]3[N+]12C. The van der Waals surface area contributed by atoms with Gasteiger partial charge in [-0.25, -0.2) is 0 Å². The molecule has 5 aliphatic rings. The van der Waals surface area contributed by atoms with Crippen LogP contribution in [0.4, 0.5) is 0 Å². The topological polar surface area (TPSA) is 34.4 Å². The average molecular weight is 339 g/mol. The van der Waals surface area contributed by atoms with Gasteiger partial charge in [-0.1, -0.05) is 18.2 Å². The number of aliphatic hydroxyl groups is 1. The number of quaternary nitrogens is 1. The van der Waals surface area contributed by atoms with Crippen LogP contribution in [0.2, 0.25) is 0 Å². The summed E-state index contributed by atoms with van der Waals surface area (Å²) in [4.78, 5) is 0. The Labute approximate surface area is 148 Å². The zero-order chi connectivity index (χ0) is 17.1. The lowest BCUT2D eigenvalue weighted by molar-refractivity contribution is -1.01. The highest BCUT2D eigenvalue weighted by Crippen LogP contribution is 2.62. The summed E-state index contributed by atoms with van der Waals surface area (Å²) >= 11 is 0. The second-order valence-corrected chi connectivity index (χ2v) is 9.05. The number of aliphatic hydroxyl groups excluding tert-OH is 1. The van der Waals surface area contributed by atoms with E-state index < -0.39 is 6.29 Å². The maximum absolute atomic E-state index is 10.5. The van der Waals surface area contributed by atoms with Crippen molar-refractivity contribution >= 4 is 10.9 Å². The maximum atomic E-state index is 10.5. The van der Waals surface area contributed by atoms with Gasteiger partial charge in [-0.2, -0.15) is 0 Å². The Balaban J connectivity index is 1.62. The second-order valence-electron chi connectivity index (χ2n) is 9.05. The fraction of sp³-hybridized carbons (Fsp3) is 0.619. The van der Waals surface area contributed by atoms with E-state index in [2.05, 4.69) is 49.9 Å². The van der Waals surface area contributed by atoms with Crippen LogP contribution in [0.25, 0.3) is 10.9 Å². The van der Waals surface area contributed by atoms with Crippen molar-refractivity contribution in [2.45, 2.75) is 44.2 Å². The van der Waals surface area contributed by atoms with E-state index in [0.717, 1.165) is 17.5 Å². The van der Waals surface area contributed by atoms with Crippen molar-refractivity contribution in [3.05, 3.63) is 35.5 Å². The summed E-state index contributed by atoms with van der Waals surface area (Å²) in [5.74, 6) is 1.50. The molecule has 2 aromatic rings. The minimum absolute atomic E-state index is 0.299. The van der Waals surface area contributed by atoms with Gasteiger partial charge in [-0.05, 0) is 24.5 Å². The van der Waals surface area contributed by atoms with E-state index in [9.17, 15) is 5.11 Å². The predicted molar refractivity (Wildman–Crippen MR) is 95.8 cm³/mol. The predicted octanol–water partition coefficient (Wildman–Crippen LogP) is 2.59. The largest absolute Gasteiger partial charge is 0.367 e. The molecule has 0 aliphatic carbocycles. The van der Waals surface area contributed by atoms with Crippen molar-refractivity contribution < 1.29 is 14.3 Å². The summed E-state index contributed by atoms with van der Waals surface area (Å²) in [6.07, 6.45) is 1.79. The van der Waals surface area contributed by atoms with Gasteiger partial charge in [-0.15, -0.1) is 0 Å². The van der Waals surface area contributed by atoms with E-state index in [-0.39, 0.29) is 0 Å². The van der Waals surface area contributed by atoms with Gasteiger partial charge in [0.2, 0.25) is 0 Å². The molecular weight excluding hydrogens is 312 g/mol. The Bertz CT molecular complexity index is 887. The number of rotatable bonds is 0. The van der Waals surface area contributed by atoms with Crippen LogP contribution in [0.5, 0.6) is 0 Å². The molecule has 4 heteroatoms. The molecule has 4 saturated heterocycles. The quantitative estimate of drug-likeness (QED) is 0.749. The Morgan fingerprint density at radius 1 is 1.24 bits per heavy atom. The second kappa shape index (κ2) is 4.48. The molecule has 5 aliphatic heterocycles. The highest BCUT2D eigenvalue weighted by Gasteiger charge is 2.69. The number of para-hydroxylation sites is 1. The molecule has 4 nitrogen and oxygen atoms in total. The van der Waals surface area contributed by atoms with E-state index >= 15 is 0 Å². The highest BCUT2D eigenvalue weighted by molar-refractivity contribution is 5.86. The van der Waals surface area contributed by atoms with Gasteiger partial charge in [0.1, 0.15) is 6.04 Å². The number of fused-ring (bicyclic) bond motifs is 3. The number of hydrogen-bond donors (Lipinski definition) is 1. The first-order valence-electron chi connectivity index (χ1n) is 9.75. The van der Waals surface area contributed by atoms with Crippen LogP contribution >= 0.6 is 0 Å². The monoisotopic (exact) mass is 339 g/mol. The number of aromatic nitrogens is 1. The third-order valence-corrected chi connectivity index (χ3v) is 8.63. The lowest BCUT2D eigenvalue weighted by Gasteiger charge is -2.69. The molecule has 6 heterocycles. The van der Waals surface area contributed by atoms with Gasteiger partial charge in [0.05, 0.1) is 37.4 Å². The number of nitrogens with zero attached hydrogens (tertiary/aromatic N) is 2. The highest BCUT2D eigenvalue weighted by atomic mass is 16.6. The molecule has 8 atom stereocenters.